The van der Waals surface area contributed by atoms with Gasteiger partial charge < -0.3 is 15.5 Å². The Hall–Kier alpha value is -1.87. The summed E-state index contributed by atoms with van der Waals surface area (Å²) in [6, 6.07) is 1.88. The summed E-state index contributed by atoms with van der Waals surface area (Å²) in [5.41, 5.74) is 0.568. The van der Waals surface area contributed by atoms with Gasteiger partial charge >= 0.3 is 0 Å². The number of aromatic nitrogens is 3. The molecule has 23 heavy (non-hydrogen) atoms. The van der Waals surface area contributed by atoms with Crippen molar-refractivity contribution in [3.63, 3.8) is 0 Å². The molecule has 0 spiro atoms. The minimum Gasteiger partial charge on any atom is -0.355 e. The molecule has 1 saturated heterocycles. The van der Waals surface area contributed by atoms with Crippen LogP contribution in [0.5, 0.6) is 0 Å². The second kappa shape index (κ2) is 7.60. The molecule has 2 N–H and O–H groups in total. The van der Waals surface area contributed by atoms with E-state index < -0.39 is 6.43 Å². The average molecular weight is 340 g/mol. The van der Waals surface area contributed by atoms with Crippen molar-refractivity contribution in [1.29, 1.82) is 0 Å². The van der Waals surface area contributed by atoms with Gasteiger partial charge in [0.2, 0.25) is 5.95 Å². The second-order valence-electron chi connectivity index (χ2n) is 5.16. The molecular formula is C14H18F2N6S. The molecule has 0 aliphatic carbocycles. The van der Waals surface area contributed by atoms with Gasteiger partial charge in [0, 0.05) is 31.2 Å². The largest absolute Gasteiger partial charge is 0.355 e. The number of hydrogen-bond acceptors (Lipinski definition) is 7. The third kappa shape index (κ3) is 4.32. The molecular weight excluding hydrogens is 322 g/mol. The summed E-state index contributed by atoms with van der Waals surface area (Å²) in [6.07, 6.45) is 0.251. The summed E-state index contributed by atoms with van der Waals surface area (Å²) < 4.78 is 25.1. The normalized spacial score (nSPS) is 15.7. The summed E-state index contributed by atoms with van der Waals surface area (Å²) >= 11 is 0.964. The molecule has 2 aromatic rings. The first kappa shape index (κ1) is 16.0. The fraction of sp³-hybridized carbons (Fsp3) is 0.500. The zero-order chi connectivity index (χ0) is 16.1. The zero-order valence-electron chi connectivity index (χ0n) is 12.5. The molecule has 0 radical (unpaired) electrons. The second-order valence-corrected chi connectivity index (χ2v) is 6.05. The van der Waals surface area contributed by atoms with Crippen molar-refractivity contribution in [3.8, 4) is 0 Å². The topological polar surface area (TPSA) is 66.0 Å². The van der Waals surface area contributed by atoms with Crippen LogP contribution in [0, 0.1) is 0 Å². The van der Waals surface area contributed by atoms with Gasteiger partial charge in [-0.3, -0.25) is 0 Å². The minimum atomic E-state index is -2.52. The SMILES string of the molecule is FC(F)c1nc(CNc2nccc(N3CCCNCC3)n2)cs1. The Morgan fingerprint density at radius 3 is 3.04 bits per heavy atom. The maximum atomic E-state index is 12.5. The number of nitrogens with one attached hydrogen (secondary N) is 2. The van der Waals surface area contributed by atoms with Gasteiger partial charge in [0.25, 0.3) is 6.43 Å². The molecule has 1 aliphatic rings. The summed E-state index contributed by atoms with van der Waals surface area (Å²) in [6.45, 7) is 4.13. The molecule has 0 bridgehead atoms. The molecule has 0 unspecified atom stereocenters. The van der Waals surface area contributed by atoms with Crippen LogP contribution in [-0.4, -0.2) is 41.1 Å². The molecule has 9 heteroatoms. The molecule has 0 saturated carbocycles. The van der Waals surface area contributed by atoms with Gasteiger partial charge in [0.15, 0.2) is 5.01 Å². The van der Waals surface area contributed by atoms with Gasteiger partial charge in [0.05, 0.1) is 12.2 Å². The predicted octanol–water partition coefficient (Wildman–Crippen LogP) is 2.28. The Labute approximate surface area is 137 Å². The molecule has 6 nitrogen and oxygen atoms in total. The lowest BCUT2D eigenvalue weighted by Crippen LogP contribution is -2.28. The maximum absolute atomic E-state index is 12.5. The molecule has 2 aromatic heterocycles. The molecule has 0 atom stereocenters. The monoisotopic (exact) mass is 340 g/mol. The lowest BCUT2D eigenvalue weighted by molar-refractivity contribution is 0.150. The first-order chi connectivity index (χ1) is 11.2. The lowest BCUT2D eigenvalue weighted by atomic mass is 10.4. The van der Waals surface area contributed by atoms with Crippen LogP contribution in [0.4, 0.5) is 20.5 Å². The lowest BCUT2D eigenvalue weighted by Gasteiger charge is -2.21. The highest BCUT2D eigenvalue weighted by Gasteiger charge is 2.13. The van der Waals surface area contributed by atoms with Crippen molar-refractivity contribution in [2.24, 2.45) is 0 Å². The van der Waals surface area contributed by atoms with Crippen LogP contribution in [0.3, 0.4) is 0 Å². The number of rotatable bonds is 5. The molecule has 1 aliphatic heterocycles. The Bertz CT molecular complexity index is 627. The summed E-state index contributed by atoms with van der Waals surface area (Å²) in [7, 11) is 0. The number of halogens is 2. The van der Waals surface area contributed by atoms with E-state index in [9.17, 15) is 8.78 Å². The molecule has 3 rings (SSSR count). The number of alkyl halides is 2. The van der Waals surface area contributed by atoms with Crippen LogP contribution in [0.1, 0.15) is 23.5 Å². The smallest absolute Gasteiger partial charge is 0.289 e. The Kier molecular flexibility index (Phi) is 5.29. The van der Waals surface area contributed by atoms with Gasteiger partial charge in [-0.15, -0.1) is 11.3 Å². The van der Waals surface area contributed by atoms with E-state index in [4.69, 9.17) is 0 Å². The zero-order valence-corrected chi connectivity index (χ0v) is 13.3. The molecule has 1 fully saturated rings. The highest BCUT2D eigenvalue weighted by Crippen LogP contribution is 2.22. The Balaban J connectivity index is 1.62. The predicted molar refractivity (Wildman–Crippen MR) is 86.1 cm³/mol. The number of hydrogen-bond donors (Lipinski definition) is 2. The third-order valence-electron chi connectivity index (χ3n) is 3.49. The summed E-state index contributed by atoms with van der Waals surface area (Å²) in [5, 5.41) is 7.86. The minimum absolute atomic E-state index is 0.159. The van der Waals surface area contributed by atoms with Crippen molar-refractivity contribution < 1.29 is 8.78 Å². The van der Waals surface area contributed by atoms with Gasteiger partial charge in [-0.25, -0.2) is 18.7 Å². The van der Waals surface area contributed by atoms with Crippen molar-refractivity contribution >= 4 is 23.1 Å². The van der Waals surface area contributed by atoms with Gasteiger partial charge in [0.1, 0.15) is 5.82 Å². The number of nitrogens with zero attached hydrogens (tertiary/aromatic N) is 4. The van der Waals surface area contributed by atoms with Crippen LogP contribution in [0.25, 0.3) is 0 Å². The molecule has 0 aromatic carbocycles. The first-order valence-corrected chi connectivity index (χ1v) is 8.35. The van der Waals surface area contributed by atoms with Gasteiger partial charge in [-0.1, -0.05) is 0 Å². The van der Waals surface area contributed by atoms with Crippen molar-refractivity contribution in [1.82, 2.24) is 20.3 Å². The van der Waals surface area contributed by atoms with Crippen LogP contribution < -0.4 is 15.5 Å². The van der Waals surface area contributed by atoms with E-state index in [0.29, 0.717) is 18.2 Å². The number of anilines is 2. The summed E-state index contributed by atoms with van der Waals surface area (Å²) in [4.78, 5) is 14.8. The van der Waals surface area contributed by atoms with Crippen LogP contribution in [0.15, 0.2) is 17.6 Å². The van der Waals surface area contributed by atoms with Crippen LogP contribution in [-0.2, 0) is 6.54 Å². The van der Waals surface area contributed by atoms with E-state index in [1.54, 1.807) is 11.6 Å². The van der Waals surface area contributed by atoms with Crippen molar-refractivity contribution in [3.05, 3.63) is 28.3 Å². The van der Waals surface area contributed by atoms with Crippen molar-refractivity contribution in [2.75, 3.05) is 36.4 Å². The van der Waals surface area contributed by atoms with Crippen molar-refractivity contribution in [2.45, 2.75) is 19.4 Å². The first-order valence-electron chi connectivity index (χ1n) is 7.47. The van der Waals surface area contributed by atoms with E-state index in [-0.39, 0.29) is 5.01 Å². The van der Waals surface area contributed by atoms with E-state index in [1.807, 2.05) is 6.07 Å². The highest BCUT2D eigenvalue weighted by atomic mass is 32.1. The summed E-state index contributed by atoms with van der Waals surface area (Å²) in [5.74, 6) is 1.35. The van der Waals surface area contributed by atoms with E-state index in [0.717, 1.165) is 49.8 Å². The van der Waals surface area contributed by atoms with Gasteiger partial charge in [-0.05, 0) is 19.0 Å². The Morgan fingerprint density at radius 1 is 1.30 bits per heavy atom. The van der Waals surface area contributed by atoms with Gasteiger partial charge in [-0.2, -0.15) is 4.98 Å². The molecule has 124 valence electrons. The third-order valence-corrected chi connectivity index (χ3v) is 4.39. The maximum Gasteiger partial charge on any atom is 0.289 e. The quantitative estimate of drug-likeness (QED) is 0.871. The fourth-order valence-electron chi connectivity index (χ4n) is 2.36. The Morgan fingerprint density at radius 2 is 2.22 bits per heavy atom. The van der Waals surface area contributed by atoms with E-state index in [2.05, 4.69) is 30.5 Å². The average Bonchev–Trinajstić information content (AvgIpc) is 2.87. The highest BCUT2D eigenvalue weighted by molar-refractivity contribution is 7.09. The van der Waals surface area contributed by atoms with Crippen LogP contribution >= 0.6 is 11.3 Å². The molecule has 3 heterocycles. The standard InChI is InChI=1S/C14H18F2N6S/c15-12(16)13-20-10(9-23-13)8-19-14-18-4-2-11(21-14)22-6-1-3-17-5-7-22/h2,4,9,12,17H,1,3,5-8H2,(H,18,19,21). The number of thiazole rings is 1. The fourth-order valence-corrected chi connectivity index (χ4v) is 3.02. The van der Waals surface area contributed by atoms with Crippen LogP contribution in [0.2, 0.25) is 0 Å². The van der Waals surface area contributed by atoms with E-state index in [1.165, 1.54) is 0 Å². The van der Waals surface area contributed by atoms with E-state index >= 15 is 0 Å². The molecule has 0 amide bonds.